The Morgan fingerprint density at radius 2 is 1.50 bits per heavy atom. The lowest BCUT2D eigenvalue weighted by molar-refractivity contribution is 0.0601. The first-order valence-electron chi connectivity index (χ1n) is 12.4. The number of anilines is 2. The van der Waals surface area contributed by atoms with Crippen LogP contribution in [0.25, 0.3) is 11.1 Å². The van der Waals surface area contributed by atoms with Gasteiger partial charge < -0.3 is 20.2 Å². The van der Waals surface area contributed by atoms with E-state index < -0.39 is 54.6 Å². The van der Waals surface area contributed by atoms with Crippen LogP contribution < -0.4 is 11.1 Å². The van der Waals surface area contributed by atoms with Gasteiger partial charge in [0.15, 0.2) is 31.6 Å². The molecule has 3 N–H and O–H groups in total. The van der Waals surface area contributed by atoms with Crippen molar-refractivity contribution in [3.63, 3.8) is 0 Å². The van der Waals surface area contributed by atoms with Crippen LogP contribution in [-0.4, -0.2) is 27.3 Å². The van der Waals surface area contributed by atoms with Crippen molar-refractivity contribution in [3.8, 4) is 11.1 Å². The molecule has 0 radical (unpaired) electrons. The van der Waals surface area contributed by atoms with Gasteiger partial charge in [0.25, 0.3) is 5.91 Å². The summed E-state index contributed by atoms with van der Waals surface area (Å²) in [6.07, 6.45) is 0. The molecule has 0 aliphatic rings. The Morgan fingerprint density at radius 3 is 2.00 bits per heavy atom. The number of rotatable bonds is 7. The molecular formula is C29H32F4N2O4Si. The fourth-order valence-corrected chi connectivity index (χ4v) is 4.66. The standard InChI is InChI=1S/C29H32F4N2O4Si/c1-15-12-18(28(37)38-5)26(34)19(13-15)35-27(36)21-24(32)22(30)20(23(31)25(21)33)17-10-8-16(9-11-17)14-39-40(6,7)29(2,3)4/h8-13H,14,34H2,1-7H3,(H,35,36). The Balaban J connectivity index is 1.94. The quantitative estimate of drug-likeness (QED) is 0.101. The summed E-state index contributed by atoms with van der Waals surface area (Å²) in [6, 6.07) is 8.47. The first kappa shape index (κ1) is 30.8. The minimum Gasteiger partial charge on any atom is -0.465 e. The summed E-state index contributed by atoms with van der Waals surface area (Å²) in [4.78, 5) is 24.7. The molecule has 11 heteroatoms. The monoisotopic (exact) mass is 576 g/mol. The highest BCUT2D eigenvalue weighted by Crippen LogP contribution is 2.38. The minimum absolute atomic E-state index is 0.0169. The van der Waals surface area contributed by atoms with E-state index in [9.17, 15) is 9.59 Å². The number of aryl methyl sites for hydroxylation is 1. The highest BCUT2D eigenvalue weighted by molar-refractivity contribution is 6.74. The van der Waals surface area contributed by atoms with Crippen molar-refractivity contribution < 1.29 is 36.3 Å². The highest BCUT2D eigenvalue weighted by atomic mass is 28.4. The number of hydrogen-bond acceptors (Lipinski definition) is 5. The fraction of sp³-hybridized carbons (Fsp3) is 0.310. The number of carbonyl (C=O) groups is 2. The molecule has 0 atom stereocenters. The molecule has 3 aromatic rings. The number of methoxy groups -OCH3 is 1. The van der Waals surface area contributed by atoms with Crippen molar-refractivity contribution in [3.05, 3.63) is 81.9 Å². The topological polar surface area (TPSA) is 90.6 Å². The summed E-state index contributed by atoms with van der Waals surface area (Å²) in [5.74, 6) is -9.53. The predicted molar refractivity (Wildman–Crippen MR) is 149 cm³/mol. The van der Waals surface area contributed by atoms with Crippen molar-refractivity contribution in [2.45, 2.75) is 52.4 Å². The van der Waals surface area contributed by atoms with Gasteiger partial charge in [-0.3, -0.25) is 4.79 Å². The van der Waals surface area contributed by atoms with Gasteiger partial charge in [0.05, 0.1) is 36.2 Å². The van der Waals surface area contributed by atoms with Gasteiger partial charge in [-0.25, -0.2) is 22.4 Å². The molecule has 40 heavy (non-hydrogen) atoms. The molecule has 0 aromatic heterocycles. The summed E-state index contributed by atoms with van der Waals surface area (Å²) in [6.45, 7) is 12.3. The van der Waals surface area contributed by atoms with Gasteiger partial charge in [0.1, 0.15) is 5.56 Å². The zero-order chi connectivity index (χ0) is 30.2. The van der Waals surface area contributed by atoms with Crippen molar-refractivity contribution in [1.82, 2.24) is 0 Å². The first-order chi connectivity index (χ1) is 18.5. The summed E-state index contributed by atoms with van der Waals surface area (Å²) in [5.41, 5.74) is 3.99. The van der Waals surface area contributed by atoms with Gasteiger partial charge in [-0.05, 0) is 53.9 Å². The van der Waals surface area contributed by atoms with Gasteiger partial charge in [-0.2, -0.15) is 0 Å². The van der Waals surface area contributed by atoms with Crippen LogP contribution in [0.4, 0.5) is 28.9 Å². The molecule has 3 rings (SSSR count). The van der Waals surface area contributed by atoms with E-state index in [4.69, 9.17) is 10.2 Å². The maximum absolute atomic E-state index is 15.1. The third-order valence-corrected chi connectivity index (χ3v) is 11.6. The predicted octanol–water partition coefficient (Wildman–Crippen LogP) is 7.36. The average molecular weight is 577 g/mol. The zero-order valence-corrected chi connectivity index (χ0v) is 24.4. The van der Waals surface area contributed by atoms with Crippen LogP contribution in [0.1, 0.15) is 52.6 Å². The van der Waals surface area contributed by atoms with E-state index in [1.165, 1.54) is 24.3 Å². The van der Waals surface area contributed by atoms with Crippen LogP contribution in [0.15, 0.2) is 36.4 Å². The molecule has 0 saturated heterocycles. The second kappa shape index (κ2) is 11.4. The van der Waals surface area contributed by atoms with Crippen LogP contribution in [0.2, 0.25) is 18.1 Å². The molecule has 0 bridgehead atoms. The average Bonchev–Trinajstić information content (AvgIpc) is 2.88. The number of ether oxygens (including phenoxy) is 1. The first-order valence-corrected chi connectivity index (χ1v) is 15.3. The lowest BCUT2D eigenvalue weighted by Gasteiger charge is -2.36. The Labute approximate surface area is 231 Å². The van der Waals surface area contributed by atoms with Crippen molar-refractivity contribution in [1.29, 1.82) is 0 Å². The summed E-state index contributed by atoms with van der Waals surface area (Å²) in [7, 11) is -0.927. The van der Waals surface area contributed by atoms with Crippen molar-refractivity contribution in [2.24, 2.45) is 0 Å². The van der Waals surface area contributed by atoms with Gasteiger partial charge in [-0.15, -0.1) is 0 Å². The maximum atomic E-state index is 15.1. The van der Waals surface area contributed by atoms with Crippen LogP contribution in [0.3, 0.4) is 0 Å². The number of esters is 1. The van der Waals surface area contributed by atoms with Crippen LogP contribution in [-0.2, 0) is 15.8 Å². The van der Waals surface area contributed by atoms with Gasteiger partial charge in [-0.1, -0.05) is 45.0 Å². The van der Waals surface area contributed by atoms with Crippen LogP contribution in [0, 0.1) is 30.2 Å². The van der Waals surface area contributed by atoms with Crippen LogP contribution in [0.5, 0.6) is 0 Å². The third kappa shape index (κ3) is 6.05. The molecule has 6 nitrogen and oxygen atoms in total. The van der Waals surface area contributed by atoms with E-state index in [1.807, 2.05) is 0 Å². The smallest absolute Gasteiger partial charge is 0.340 e. The van der Waals surface area contributed by atoms with Crippen LogP contribution >= 0.6 is 0 Å². The normalized spacial score (nSPS) is 11.9. The molecule has 1 amide bonds. The molecule has 0 fully saturated rings. The Kier molecular flexibility index (Phi) is 8.80. The van der Waals surface area contributed by atoms with Gasteiger partial charge >= 0.3 is 5.97 Å². The summed E-state index contributed by atoms with van der Waals surface area (Å²) < 4.78 is 71.1. The molecule has 3 aromatic carbocycles. The number of hydrogen-bond donors (Lipinski definition) is 2. The van der Waals surface area contributed by atoms with Crippen molar-refractivity contribution in [2.75, 3.05) is 18.2 Å². The number of carbonyl (C=O) groups excluding carboxylic acids is 2. The van der Waals surface area contributed by atoms with Gasteiger partial charge in [0.2, 0.25) is 0 Å². The second-order valence-corrected chi connectivity index (χ2v) is 15.8. The SMILES string of the molecule is COC(=O)c1cc(C)cc(NC(=O)c2c(F)c(F)c(-c3ccc(CO[Si](C)(C)C(C)(C)C)cc3)c(F)c2F)c1N. The molecule has 0 heterocycles. The number of nitrogens with two attached hydrogens (primary N) is 1. The number of benzene rings is 3. The third-order valence-electron chi connectivity index (χ3n) is 7.12. The molecular weight excluding hydrogens is 544 g/mol. The fourth-order valence-electron chi connectivity index (χ4n) is 3.70. The van der Waals surface area contributed by atoms with E-state index in [0.29, 0.717) is 11.1 Å². The lowest BCUT2D eigenvalue weighted by Crippen LogP contribution is -2.40. The Morgan fingerprint density at radius 1 is 0.950 bits per heavy atom. The molecule has 0 aliphatic heterocycles. The maximum Gasteiger partial charge on any atom is 0.340 e. The van der Waals surface area contributed by atoms with E-state index in [-0.39, 0.29) is 34.1 Å². The number of halogens is 4. The van der Waals surface area contributed by atoms with Crippen molar-refractivity contribution >= 4 is 31.6 Å². The second-order valence-electron chi connectivity index (χ2n) is 11.0. The molecule has 0 aliphatic carbocycles. The Bertz CT molecular complexity index is 1440. The molecule has 0 unspecified atom stereocenters. The van der Waals surface area contributed by atoms with E-state index in [1.54, 1.807) is 19.1 Å². The zero-order valence-electron chi connectivity index (χ0n) is 23.4. The number of nitrogens with one attached hydrogen (secondary N) is 1. The largest absolute Gasteiger partial charge is 0.465 e. The molecule has 0 saturated carbocycles. The van der Waals surface area contributed by atoms with Gasteiger partial charge in [0, 0.05) is 0 Å². The lowest BCUT2D eigenvalue weighted by atomic mass is 9.99. The van der Waals surface area contributed by atoms with E-state index >= 15 is 17.6 Å². The van der Waals surface area contributed by atoms with E-state index in [0.717, 1.165) is 7.11 Å². The Hall–Kier alpha value is -3.70. The summed E-state index contributed by atoms with van der Waals surface area (Å²) in [5, 5.41) is 2.11. The highest BCUT2D eigenvalue weighted by Gasteiger charge is 2.37. The molecule has 0 spiro atoms. The molecule has 214 valence electrons. The number of nitrogen functional groups attached to an aromatic ring is 1. The van der Waals surface area contributed by atoms with E-state index in [2.05, 4.69) is 43.9 Å². The minimum atomic E-state index is -2.05. The number of amides is 1. The summed E-state index contributed by atoms with van der Waals surface area (Å²) >= 11 is 0.